The molecule has 2 aromatic carbocycles. The molecule has 128 valence electrons. The Bertz CT molecular complexity index is 731. The molecule has 1 atom stereocenters. The van der Waals surface area contributed by atoms with Crippen LogP contribution in [0, 0.1) is 13.8 Å². The van der Waals surface area contributed by atoms with Gasteiger partial charge in [0.25, 0.3) is 5.91 Å². The summed E-state index contributed by atoms with van der Waals surface area (Å²) in [6.07, 6.45) is 0. The number of ether oxygens (including phenoxy) is 2. The van der Waals surface area contributed by atoms with E-state index >= 15 is 0 Å². The third-order valence-corrected chi connectivity index (χ3v) is 4.15. The Hall–Kier alpha value is -2.20. The monoisotopic (exact) mass is 347 g/mol. The van der Waals surface area contributed by atoms with E-state index in [-0.39, 0.29) is 18.6 Å². The van der Waals surface area contributed by atoms with Gasteiger partial charge in [-0.15, -0.1) is 0 Å². The summed E-state index contributed by atoms with van der Waals surface area (Å²) in [6.45, 7) is 5.76. The van der Waals surface area contributed by atoms with Crippen molar-refractivity contribution in [1.82, 2.24) is 5.32 Å². The first-order chi connectivity index (χ1) is 11.4. The molecular formula is C19H22ClNO3. The number of halogens is 1. The van der Waals surface area contributed by atoms with Crippen LogP contribution < -0.4 is 14.8 Å². The molecule has 24 heavy (non-hydrogen) atoms. The Morgan fingerprint density at radius 2 is 1.96 bits per heavy atom. The summed E-state index contributed by atoms with van der Waals surface area (Å²) in [5, 5.41) is 3.60. The van der Waals surface area contributed by atoms with Crippen LogP contribution >= 0.6 is 11.6 Å². The van der Waals surface area contributed by atoms with Crippen molar-refractivity contribution in [1.29, 1.82) is 0 Å². The number of carbonyl (C=O) groups excluding carboxylic acids is 1. The van der Waals surface area contributed by atoms with Crippen LogP contribution in [0.15, 0.2) is 36.4 Å². The van der Waals surface area contributed by atoms with E-state index in [9.17, 15) is 4.79 Å². The first kappa shape index (κ1) is 18.1. The second kappa shape index (κ2) is 8.06. The molecule has 5 heteroatoms. The maximum Gasteiger partial charge on any atom is 0.258 e. The number of carbonyl (C=O) groups is 1. The standard InChI is InChI=1S/C19H22ClNO3/c1-12-5-8-18(23-4)16(9-12)14(3)21-19(22)11-24-15-6-7-17(20)13(2)10-15/h5-10,14H,11H2,1-4H3,(H,21,22)/t14-/m1/s1. The maximum absolute atomic E-state index is 12.1. The average molecular weight is 348 g/mol. The molecule has 0 aliphatic rings. The summed E-state index contributed by atoms with van der Waals surface area (Å²) < 4.78 is 10.9. The summed E-state index contributed by atoms with van der Waals surface area (Å²) in [6, 6.07) is 11.0. The Balaban J connectivity index is 1.96. The van der Waals surface area contributed by atoms with Crippen molar-refractivity contribution >= 4 is 17.5 Å². The van der Waals surface area contributed by atoms with Crippen molar-refractivity contribution in [2.24, 2.45) is 0 Å². The molecule has 2 rings (SSSR count). The SMILES string of the molecule is COc1ccc(C)cc1[C@@H](C)NC(=O)COc1ccc(Cl)c(C)c1. The zero-order valence-electron chi connectivity index (χ0n) is 14.4. The average Bonchev–Trinajstić information content (AvgIpc) is 2.55. The fourth-order valence-corrected chi connectivity index (χ4v) is 2.53. The number of hydrogen-bond acceptors (Lipinski definition) is 3. The van der Waals surface area contributed by atoms with Crippen LogP contribution in [0.5, 0.6) is 11.5 Å². The van der Waals surface area contributed by atoms with Crippen LogP contribution in [-0.2, 0) is 4.79 Å². The van der Waals surface area contributed by atoms with Crippen LogP contribution in [0.25, 0.3) is 0 Å². The van der Waals surface area contributed by atoms with E-state index in [1.165, 1.54) is 0 Å². The third-order valence-electron chi connectivity index (χ3n) is 3.73. The molecule has 0 heterocycles. The predicted molar refractivity (Wildman–Crippen MR) is 96.0 cm³/mol. The van der Waals surface area contributed by atoms with Gasteiger partial charge in [0, 0.05) is 10.6 Å². The molecule has 0 spiro atoms. The van der Waals surface area contributed by atoms with Crippen molar-refractivity contribution in [3.8, 4) is 11.5 Å². The summed E-state index contributed by atoms with van der Waals surface area (Å²) in [5.74, 6) is 1.18. The molecule has 0 radical (unpaired) electrons. The highest BCUT2D eigenvalue weighted by atomic mass is 35.5. The van der Waals surface area contributed by atoms with Gasteiger partial charge in [-0.3, -0.25) is 4.79 Å². The minimum absolute atomic E-state index is 0.0560. The van der Waals surface area contributed by atoms with Gasteiger partial charge >= 0.3 is 0 Å². The molecule has 0 fully saturated rings. The first-order valence-corrected chi connectivity index (χ1v) is 8.11. The van der Waals surface area contributed by atoms with Crippen LogP contribution in [0.1, 0.15) is 29.7 Å². The second-order valence-electron chi connectivity index (χ2n) is 5.73. The molecule has 4 nitrogen and oxygen atoms in total. The zero-order valence-corrected chi connectivity index (χ0v) is 15.1. The van der Waals surface area contributed by atoms with Crippen LogP contribution in [0.2, 0.25) is 5.02 Å². The van der Waals surface area contributed by atoms with Crippen molar-refractivity contribution in [3.63, 3.8) is 0 Å². The van der Waals surface area contributed by atoms with E-state index in [4.69, 9.17) is 21.1 Å². The van der Waals surface area contributed by atoms with Gasteiger partial charge in [0.15, 0.2) is 6.61 Å². The molecular weight excluding hydrogens is 326 g/mol. The third kappa shape index (κ3) is 4.65. The first-order valence-electron chi connectivity index (χ1n) is 7.73. The number of rotatable bonds is 6. The summed E-state index contributed by atoms with van der Waals surface area (Å²) >= 11 is 5.97. The highest BCUT2D eigenvalue weighted by Crippen LogP contribution is 2.26. The molecule has 0 aliphatic heterocycles. The molecule has 0 bridgehead atoms. The molecule has 1 amide bonds. The van der Waals surface area contributed by atoms with Gasteiger partial charge < -0.3 is 14.8 Å². The Kier molecular flexibility index (Phi) is 6.10. The lowest BCUT2D eigenvalue weighted by Crippen LogP contribution is -2.31. The Morgan fingerprint density at radius 3 is 2.62 bits per heavy atom. The molecule has 2 aromatic rings. The van der Waals surface area contributed by atoms with E-state index in [0.29, 0.717) is 10.8 Å². The number of amides is 1. The Labute approximate surface area is 147 Å². The van der Waals surface area contributed by atoms with Gasteiger partial charge in [-0.05, 0) is 50.6 Å². The lowest BCUT2D eigenvalue weighted by Gasteiger charge is -2.18. The number of hydrogen-bond donors (Lipinski definition) is 1. The minimum atomic E-state index is -0.196. The topological polar surface area (TPSA) is 47.6 Å². The quantitative estimate of drug-likeness (QED) is 0.851. The van der Waals surface area contributed by atoms with Crippen molar-refractivity contribution < 1.29 is 14.3 Å². The molecule has 1 N–H and O–H groups in total. The van der Waals surface area contributed by atoms with Crippen molar-refractivity contribution in [3.05, 3.63) is 58.1 Å². The van der Waals surface area contributed by atoms with E-state index in [1.807, 2.05) is 45.0 Å². The number of benzene rings is 2. The van der Waals surface area contributed by atoms with Crippen LogP contribution in [-0.4, -0.2) is 19.6 Å². The smallest absolute Gasteiger partial charge is 0.258 e. The fourth-order valence-electron chi connectivity index (χ4n) is 2.41. The number of nitrogens with one attached hydrogen (secondary N) is 1. The normalized spacial score (nSPS) is 11.7. The highest BCUT2D eigenvalue weighted by molar-refractivity contribution is 6.31. The van der Waals surface area contributed by atoms with E-state index < -0.39 is 0 Å². The van der Waals surface area contributed by atoms with Gasteiger partial charge in [0.1, 0.15) is 11.5 Å². The van der Waals surface area contributed by atoms with Crippen molar-refractivity contribution in [2.45, 2.75) is 26.8 Å². The van der Waals surface area contributed by atoms with Crippen molar-refractivity contribution in [2.75, 3.05) is 13.7 Å². The van der Waals surface area contributed by atoms with E-state index in [2.05, 4.69) is 5.32 Å². The molecule has 0 aliphatic carbocycles. The summed E-state index contributed by atoms with van der Waals surface area (Å²) in [5.41, 5.74) is 2.96. The van der Waals surface area contributed by atoms with E-state index in [0.717, 1.165) is 22.4 Å². The van der Waals surface area contributed by atoms with Gasteiger partial charge in [-0.25, -0.2) is 0 Å². The van der Waals surface area contributed by atoms with Crippen LogP contribution in [0.3, 0.4) is 0 Å². The molecule has 0 saturated carbocycles. The van der Waals surface area contributed by atoms with E-state index in [1.54, 1.807) is 19.2 Å². The van der Waals surface area contributed by atoms with Crippen LogP contribution in [0.4, 0.5) is 0 Å². The summed E-state index contributed by atoms with van der Waals surface area (Å²) in [4.78, 5) is 12.1. The highest BCUT2D eigenvalue weighted by Gasteiger charge is 2.14. The lowest BCUT2D eigenvalue weighted by atomic mass is 10.0. The van der Waals surface area contributed by atoms with Gasteiger partial charge in [-0.2, -0.15) is 0 Å². The fraction of sp³-hybridized carbons (Fsp3) is 0.316. The van der Waals surface area contributed by atoms with Gasteiger partial charge in [0.05, 0.1) is 13.2 Å². The molecule has 0 saturated heterocycles. The predicted octanol–water partition coefficient (Wildman–Crippen LogP) is 4.22. The lowest BCUT2D eigenvalue weighted by molar-refractivity contribution is -0.123. The number of aryl methyl sites for hydroxylation is 2. The maximum atomic E-state index is 12.1. The molecule has 0 unspecified atom stereocenters. The summed E-state index contributed by atoms with van der Waals surface area (Å²) in [7, 11) is 1.62. The minimum Gasteiger partial charge on any atom is -0.496 e. The Morgan fingerprint density at radius 1 is 1.21 bits per heavy atom. The van der Waals surface area contributed by atoms with Gasteiger partial charge in [0.2, 0.25) is 0 Å². The zero-order chi connectivity index (χ0) is 17.7. The number of methoxy groups -OCH3 is 1. The molecule has 0 aromatic heterocycles. The second-order valence-corrected chi connectivity index (χ2v) is 6.14. The largest absolute Gasteiger partial charge is 0.496 e. The van der Waals surface area contributed by atoms with Gasteiger partial charge in [-0.1, -0.05) is 29.3 Å².